The molecule has 90 valence electrons. The van der Waals surface area contributed by atoms with E-state index in [9.17, 15) is 4.39 Å². The van der Waals surface area contributed by atoms with Crippen LogP contribution in [0, 0.1) is 5.82 Å². The van der Waals surface area contributed by atoms with Crippen LogP contribution in [0.2, 0.25) is 0 Å². The lowest BCUT2D eigenvalue weighted by molar-refractivity contribution is 0.116. The van der Waals surface area contributed by atoms with E-state index >= 15 is 0 Å². The van der Waals surface area contributed by atoms with Crippen molar-refractivity contribution in [3.63, 3.8) is 0 Å². The summed E-state index contributed by atoms with van der Waals surface area (Å²) in [5.41, 5.74) is 1.17. The molecule has 17 heavy (non-hydrogen) atoms. The van der Waals surface area contributed by atoms with Gasteiger partial charge >= 0.3 is 0 Å². The van der Waals surface area contributed by atoms with Crippen molar-refractivity contribution in [2.75, 3.05) is 13.7 Å². The Morgan fingerprint density at radius 3 is 3.18 bits per heavy atom. The Labute approximate surface area is 97.8 Å². The number of ether oxygens (including phenoxy) is 1. The molecule has 5 heteroatoms. The molecule has 1 saturated heterocycles. The third-order valence-corrected chi connectivity index (χ3v) is 3.09. The van der Waals surface area contributed by atoms with Gasteiger partial charge < -0.3 is 14.5 Å². The normalized spacial score (nSPS) is 24.6. The monoisotopic (exact) mass is 236 g/mol. The molecule has 1 fully saturated rings. The summed E-state index contributed by atoms with van der Waals surface area (Å²) >= 11 is 0. The summed E-state index contributed by atoms with van der Waals surface area (Å²) in [5, 5.41) is 3.27. The first-order valence-corrected chi connectivity index (χ1v) is 5.58. The first-order chi connectivity index (χ1) is 8.26. The fourth-order valence-corrected chi connectivity index (χ4v) is 2.14. The summed E-state index contributed by atoms with van der Waals surface area (Å²) < 4.78 is 23.9. The number of hydrogen-bond donors (Lipinski definition) is 1. The van der Waals surface area contributed by atoms with E-state index in [4.69, 9.17) is 9.15 Å². The molecule has 1 aromatic heterocycles. The molecule has 1 aromatic carbocycles. The minimum atomic E-state index is -0.300. The number of aromatic nitrogens is 1. The maximum absolute atomic E-state index is 13.0. The van der Waals surface area contributed by atoms with Crippen molar-refractivity contribution >= 4 is 11.1 Å². The van der Waals surface area contributed by atoms with Gasteiger partial charge in [-0.2, -0.15) is 0 Å². The standard InChI is InChI=1S/C12H13FN2O2/c1-16-8-5-10(14-6-8)12-15-9-4-7(13)2-3-11(9)17-12/h2-4,8,10,14H,5-6H2,1H3. The SMILES string of the molecule is COC1CNC(c2nc3cc(F)ccc3o2)C1. The maximum atomic E-state index is 13.0. The quantitative estimate of drug-likeness (QED) is 0.866. The van der Waals surface area contributed by atoms with Crippen molar-refractivity contribution in [2.45, 2.75) is 18.6 Å². The molecule has 0 aliphatic carbocycles. The zero-order chi connectivity index (χ0) is 11.8. The van der Waals surface area contributed by atoms with Crippen LogP contribution in [0.15, 0.2) is 22.6 Å². The van der Waals surface area contributed by atoms with Gasteiger partial charge in [0.2, 0.25) is 5.89 Å². The average molecular weight is 236 g/mol. The van der Waals surface area contributed by atoms with Gasteiger partial charge in [-0.1, -0.05) is 0 Å². The molecule has 2 heterocycles. The number of oxazole rings is 1. The minimum Gasteiger partial charge on any atom is -0.439 e. The predicted octanol–water partition coefficient (Wildman–Crippen LogP) is 2.02. The highest BCUT2D eigenvalue weighted by atomic mass is 19.1. The van der Waals surface area contributed by atoms with E-state index in [1.807, 2.05) is 0 Å². The number of nitrogens with one attached hydrogen (secondary N) is 1. The van der Waals surface area contributed by atoms with Crippen LogP contribution in [0.4, 0.5) is 4.39 Å². The molecule has 0 amide bonds. The van der Waals surface area contributed by atoms with E-state index in [-0.39, 0.29) is 18.0 Å². The van der Waals surface area contributed by atoms with Crippen LogP contribution >= 0.6 is 0 Å². The van der Waals surface area contributed by atoms with Crippen molar-refractivity contribution in [1.29, 1.82) is 0 Å². The van der Waals surface area contributed by atoms with Crippen molar-refractivity contribution in [2.24, 2.45) is 0 Å². The van der Waals surface area contributed by atoms with E-state index < -0.39 is 0 Å². The Morgan fingerprint density at radius 1 is 1.53 bits per heavy atom. The van der Waals surface area contributed by atoms with Gasteiger partial charge in [-0.15, -0.1) is 0 Å². The highest BCUT2D eigenvalue weighted by Gasteiger charge is 2.28. The van der Waals surface area contributed by atoms with Gasteiger partial charge in [0.1, 0.15) is 11.3 Å². The average Bonchev–Trinajstić information content (AvgIpc) is 2.93. The summed E-state index contributed by atoms with van der Waals surface area (Å²) in [6.07, 6.45) is 1.01. The van der Waals surface area contributed by atoms with E-state index in [2.05, 4.69) is 10.3 Å². The van der Waals surface area contributed by atoms with E-state index in [0.29, 0.717) is 17.0 Å². The molecule has 2 unspecified atom stereocenters. The molecular weight excluding hydrogens is 223 g/mol. The number of nitrogens with zero attached hydrogens (tertiary/aromatic N) is 1. The Kier molecular flexibility index (Phi) is 2.57. The summed E-state index contributed by atoms with van der Waals surface area (Å²) in [7, 11) is 1.69. The van der Waals surface area contributed by atoms with Crippen molar-refractivity contribution < 1.29 is 13.5 Å². The Bertz CT molecular complexity index is 540. The van der Waals surface area contributed by atoms with Crippen molar-refractivity contribution in [3.05, 3.63) is 29.9 Å². The zero-order valence-electron chi connectivity index (χ0n) is 9.44. The number of fused-ring (bicyclic) bond motifs is 1. The molecule has 3 rings (SSSR count). The van der Waals surface area contributed by atoms with E-state index in [1.165, 1.54) is 12.1 Å². The minimum absolute atomic E-state index is 0.0513. The molecule has 4 nitrogen and oxygen atoms in total. The van der Waals surface area contributed by atoms with Gasteiger partial charge in [0.25, 0.3) is 0 Å². The molecule has 1 aliphatic rings. The largest absolute Gasteiger partial charge is 0.439 e. The van der Waals surface area contributed by atoms with E-state index in [0.717, 1.165) is 13.0 Å². The van der Waals surface area contributed by atoms with Crippen LogP contribution in [0.25, 0.3) is 11.1 Å². The van der Waals surface area contributed by atoms with Crippen LogP contribution in [0.1, 0.15) is 18.4 Å². The summed E-state index contributed by atoms with van der Waals surface area (Å²) in [4.78, 5) is 4.30. The summed E-state index contributed by atoms with van der Waals surface area (Å²) in [5.74, 6) is 0.302. The van der Waals surface area contributed by atoms with Gasteiger partial charge in [0, 0.05) is 19.7 Å². The lowest BCUT2D eigenvalue weighted by Gasteiger charge is -2.04. The van der Waals surface area contributed by atoms with Crippen LogP contribution < -0.4 is 5.32 Å². The van der Waals surface area contributed by atoms with Crippen LogP contribution in [-0.2, 0) is 4.74 Å². The first kappa shape index (κ1) is 10.7. The third-order valence-electron chi connectivity index (χ3n) is 3.09. The molecule has 1 N–H and O–H groups in total. The van der Waals surface area contributed by atoms with Crippen LogP contribution in [0.3, 0.4) is 0 Å². The lowest BCUT2D eigenvalue weighted by atomic mass is 10.2. The third kappa shape index (κ3) is 1.92. The number of rotatable bonds is 2. The Hall–Kier alpha value is -1.46. The predicted molar refractivity (Wildman–Crippen MR) is 60.1 cm³/mol. The second kappa shape index (κ2) is 4.09. The number of hydrogen-bond acceptors (Lipinski definition) is 4. The second-order valence-corrected chi connectivity index (χ2v) is 4.22. The fourth-order valence-electron chi connectivity index (χ4n) is 2.14. The maximum Gasteiger partial charge on any atom is 0.212 e. The first-order valence-electron chi connectivity index (χ1n) is 5.58. The molecule has 2 atom stereocenters. The van der Waals surface area contributed by atoms with Gasteiger partial charge in [0.15, 0.2) is 5.58 Å². The van der Waals surface area contributed by atoms with Crippen LogP contribution in [-0.4, -0.2) is 24.7 Å². The highest BCUT2D eigenvalue weighted by molar-refractivity contribution is 5.72. The van der Waals surface area contributed by atoms with Crippen LogP contribution in [0.5, 0.6) is 0 Å². The van der Waals surface area contributed by atoms with Gasteiger partial charge in [-0.25, -0.2) is 9.37 Å². The molecular formula is C12H13FN2O2. The van der Waals surface area contributed by atoms with Gasteiger partial charge in [-0.05, 0) is 18.6 Å². The summed E-state index contributed by atoms with van der Waals surface area (Å²) in [6.45, 7) is 0.786. The number of methoxy groups -OCH3 is 1. The number of halogens is 1. The highest BCUT2D eigenvalue weighted by Crippen LogP contribution is 2.27. The van der Waals surface area contributed by atoms with Crippen molar-refractivity contribution in [3.8, 4) is 0 Å². The molecule has 0 bridgehead atoms. The molecule has 1 aliphatic heterocycles. The fraction of sp³-hybridized carbons (Fsp3) is 0.417. The molecule has 2 aromatic rings. The Morgan fingerprint density at radius 2 is 2.41 bits per heavy atom. The number of benzene rings is 1. The lowest BCUT2D eigenvalue weighted by Crippen LogP contribution is -2.16. The molecule has 0 spiro atoms. The van der Waals surface area contributed by atoms with Crippen molar-refractivity contribution in [1.82, 2.24) is 10.3 Å². The Balaban J connectivity index is 1.91. The second-order valence-electron chi connectivity index (χ2n) is 4.22. The van der Waals surface area contributed by atoms with E-state index in [1.54, 1.807) is 13.2 Å². The molecule has 0 saturated carbocycles. The topological polar surface area (TPSA) is 47.3 Å². The molecule has 0 radical (unpaired) electrons. The van der Waals surface area contributed by atoms with Gasteiger partial charge in [-0.3, -0.25) is 0 Å². The zero-order valence-corrected chi connectivity index (χ0v) is 9.44. The smallest absolute Gasteiger partial charge is 0.212 e. The summed E-state index contributed by atoms with van der Waals surface area (Å²) in [6, 6.07) is 4.40. The van der Waals surface area contributed by atoms with Gasteiger partial charge in [0.05, 0.1) is 12.1 Å².